The molecule has 0 aliphatic carbocycles. The van der Waals surface area contributed by atoms with Crippen LogP contribution in [0.4, 0.5) is 0 Å². The van der Waals surface area contributed by atoms with E-state index in [1.807, 2.05) is 0 Å². The summed E-state index contributed by atoms with van der Waals surface area (Å²) in [5.41, 5.74) is 0. The molecule has 92 heavy (non-hydrogen) atoms. The molecule has 0 fully saturated rings. The van der Waals surface area contributed by atoms with Gasteiger partial charge in [-0.15, -0.1) is 0 Å². The highest BCUT2D eigenvalue weighted by Crippen LogP contribution is 2.45. The lowest BCUT2D eigenvalue weighted by Crippen LogP contribution is -2.30. The summed E-state index contributed by atoms with van der Waals surface area (Å²) in [7, 11) is -9.91. The maximum absolute atomic E-state index is 13.1. The zero-order valence-electron chi connectivity index (χ0n) is 60.2. The van der Waals surface area contributed by atoms with Gasteiger partial charge in [-0.1, -0.05) is 312 Å². The Labute approximate surface area is 562 Å². The molecule has 0 saturated heterocycles. The third kappa shape index (κ3) is 66.7. The zero-order chi connectivity index (χ0) is 68.2. The standard InChI is InChI=1S/C73H142O17P2/c1-63(2)49-41-33-25-17-13-10-9-11-15-19-29-37-45-53-70(75)83-59-68(89-72(77)55-47-39-31-20-16-12-14-18-26-34-42-50-64(3)4)61-87-91(79,80)85-57-67(74)58-86-92(81,82)88-62-69(90-73(78)56-48-40-32-24-22-28-36-44-52-66(7)8)60-84-71(76)54-46-38-30-23-21-27-35-43-51-65(5)6/h63-69,74H,9-62H2,1-8H3,(H,79,80)(H,81,82)/t67?,68-,69-/m1/s1. The van der Waals surface area contributed by atoms with Crippen molar-refractivity contribution in [3.8, 4) is 0 Å². The van der Waals surface area contributed by atoms with E-state index in [0.717, 1.165) is 114 Å². The Morgan fingerprint density at radius 1 is 0.272 bits per heavy atom. The van der Waals surface area contributed by atoms with E-state index in [1.165, 1.54) is 167 Å². The first kappa shape index (κ1) is 90.1. The molecule has 0 aromatic heterocycles. The van der Waals surface area contributed by atoms with Crippen LogP contribution in [0.1, 0.15) is 364 Å². The molecule has 17 nitrogen and oxygen atoms in total. The van der Waals surface area contributed by atoms with Crippen LogP contribution in [-0.4, -0.2) is 96.7 Å². The largest absolute Gasteiger partial charge is 0.472 e. The number of aliphatic hydroxyl groups is 1. The van der Waals surface area contributed by atoms with Crippen molar-refractivity contribution in [3.05, 3.63) is 0 Å². The average Bonchev–Trinajstić information content (AvgIpc) is 3.62. The highest BCUT2D eigenvalue weighted by atomic mass is 31.2. The maximum atomic E-state index is 13.1. The third-order valence-electron chi connectivity index (χ3n) is 16.8. The summed E-state index contributed by atoms with van der Waals surface area (Å²) in [4.78, 5) is 72.7. The first-order chi connectivity index (χ1) is 44.1. The molecule has 0 aromatic carbocycles. The van der Waals surface area contributed by atoms with Crippen molar-refractivity contribution in [1.29, 1.82) is 0 Å². The number of aliphatic hydroxyl groups excluding tert-OH is 1. The molecule has 0 aromatic rings. The number of carbonyl (C=O) groups excluding carboxylic acids is 4. The number of hydrogen-bond acceptors (Lipinski definition) is 15. The SMILES string of the molecule is CC(C)CCCCCCCCCCCCCCCC(=O)OC[C@H](COP(=O)(O)OCC(O)COP(=O)(O)OC[C@@H](COC(=O)CCCCCCCCCCC(C)C)OC(=O)CCCCCCCCCCC(C)C)OC(=O)CCCCCCCCCCCCCC(C)C. The monoisotopic (exact) mass is 1350 g/mol. The van der Waals surface area contributed by atoms with Crippen molar-refractivity contribution in [2.45, 2.75) is 382 Å². The Kier molecular flexibility index (Phi) is 61.3. The molecule has 0 aliphatic rings. The molecule has 19 heteroatoms. The second kappa shape index (κ2) is 62.6. The second-order valence-corrected chi connectivity index (χ2v) is 31.1. The number of hydrogen-bond donors (Lipinski definition) is 3. The molecule has 0 aliphatic heterocycles. The minimum atomic E-state index is -4.96. The minimum absolute atomic E-state index is 0.103. The van der Waals surface area contributed by atoms with Crippen molar-refractivity contribution < 1.29 is 80.2 Å². The lowest BCUT2D eigenvalue weighted by Gasteiger charge is -2.21. The van der Waals surface area contributed by atoms with Gasteiger partial charge in [0, 0.05) is 25.7 Å². The van der Waals surface area contributed by atoms with Gasteiger partial charge in [0.15, 0.2) is 12.2 Å². The van der Waals surface area contributed by atoms with Gasteiger partial charge < -0.3 is 33.8 Å². The molecule has 0 amide bonds. The summed E-state index contributed by atoms with van der Waals surface area (Å²) in [6, 6.07) is 0. The van der Waals surface area contributed by atoms with Crippen LogP contribution in [0.3, 0.4) is 0 Å². The van der Waals surface area contributed by atoms with E-state index >= 15 is 0 Å². The first-order valence-electron chi connectivity index (χ1n) is 37.7. The van der Waals surface area contributed by atoms with Gasteiger partial charge in [-0.05, 0) is 49.4 Å². The predicted octanol–water partition coefficient (Wildman–Crippen LogP) is 20.9. The molecular formula is C73H142O17P2. The number of phosphoric acid groups is 2. The minimum Gasteiger partial charge on any atom is -0.462 e. The summed E-state index contributed by atoms with van der Waals surface area (Å²) < 4.78 is 68.4. The van der Waals surface area contributed by atoms with Gasteiger partial charge in [-0.3, -0.25) is 37.3 Å². The predicted molar refractivity (Wildman–Crippen MR) is 372 cm³/mol. The Hall–Kier alpha value is -1.94. The quantitative estimate of drug-likeness (QED) is 0.0222. The molecule has 5 atom stereocenters. The first-order valence-corrected chi connectivity index (χ1v) is 40.7. The lowest BCUT2D eigenvalue weighted by molar-refractivity contribution is -0.161. The zero-order valence-corrected chi connectivity index (χ0v) is 62.0. The topological polar surface area (TPSA) is 237 Å². The molecule has 0 spiro atoms. The molecule has 0 radical (unpaired) electrons. The van der Waals surface area contributed by atoms with Gasteiger partial charge >= 0.3 is 39.5 Å². The van der Waals surface area contributed by atoms with Crippen LogP contribution in [0.25, 0.3) is 0 Å². The fourth-order valence-corrected chi connectivity index (χ4v) is 12.6. The molecule has 3 N–H and O–H groups in total. The summed E-state index contributed by atoms with van der Waals surface area (Å²) in [6.07, 6.45) is 45.9. The van der Waals surface area contributed by atoms with Crippen LogP contribution in [0.2, 0.25) is 0 Å². The van der Waals surface area contributed by atoms with Gasteiger partial charge in [0.1, 0.15) is 19.3 Å². The van der Waals surface area contributed by atoms with E-state index in [9.17, 15) is 43.2 Å². The van der Waals surface area contributed by atoms with Crippen LogP contribution in [0.15, 0.2) is 0 Å². The molecule has 0 bridgehead atoms. The van der Waals surface area contributed by atoms with Crippen LogP contribution in [0, 0.1) is 23.7 Å². The van der Waals surface area contributed by atoms with Crippen molar-refractivity contribution in [1.82, 2.24) is 0 Å². The van der Waals surface area contributed by atoms with E-state index in [2.05, 4.69) is 55.4 Å². The van der Waals surface area contributed by atoms with Crippen molar-refractivity contribution in [2.24, 2.45) is 23.7 Å². The number of rotatable bonds is 70. The summed E-state index contributed by atoms with van der Waals surface area (Å²) >= 11 is 0. The van der Waals surface area contributed by atoms with Gasteiger partial charge in [0.25, 0.3) is 0 Å². The normalized spacial score (nSPS) is 14.2. The molecule has 546 valence electrons. The van der Waals surface area contributed by atoms with Crippen molar-refractivity contribution in [3.63, 3.8) is 0 Å². The van der Waals surface area contributed by atoms with E-state index in [1.54, 1.807) is 0 Å². The van der Waals surface area contributed by atoms with Crippen LogP contribution in [0.5, 0.6) is 0 Å². The van der Waals surface area contributed by atoms with Crippen molar-refractivity contribution in [2.75, 3.05) is 39.6 Å². The number of ether oxygens (including phenoxy) is 4. The highest BCUT2D eigenvalue weighted by molar-refractivity contribution is 7.47. The molecule has 0 heterocycles. The van der Waals surface area contributed by atoms with Gasteiger partial charge in [0.05, 0.1) is 26.4 Å². The Morgan fingerprint density at radius 3 is 0.674 bits per heavy atom. The Balaban J connectivity index is 5.25. The molecule has 3 unspecified atom stereocenters. The van der Waals surface area contributed by atoms with Crippen LogP contribution < -0.4 is 0 Å². The van der Waals surface area contributed by atoms with Gasteiger partial charge in [-0.2, -0.15) is 0 Å². The number of phosphoric ester groups is 2. The summed E-state index contributed by atoms with van der Waals surface area (Å²) in [5, 5.41) is 10.6. The van der Waals surface area contributed by atoms with Crippen LogP contribution >= 0.6 is 15.6 Å². The maximum Gasteiger partial charge on any atom is 0.472 e. The van der Waals surface area contributed by atoms with E-state index in [0.29, 0.717) is 25.7 Å². The second-order valence-electron chi connectivity index (χ2n) is 28.2. The summed E-state index contributed by atoms with van der Waals surface area (Å²) in [5.74, 6) is 0.875. The van der Waals surface area contributed by atoms with E-state index in [4.69, 9.17) is 37.0 Å². The average molecular weight is 1350 g/mol. The smallest absolute Gasteiger partial charge is 0.462 e. The van der Waals surface area contributed by atoms with Crippen LogP contribution in [-0.2, 0) is 65.4 Å². The summed E-state index contributed by atoms with van der Waals surface area (Å²) in [6.45, 7) is 14.1. The fraction of sp³-hybridized carbons (Fsp3) is 0.945. The highest BCUT2D eigenvalue weighted by Gasteiger charge is 2.30. The fourth-order valence-electron chi connectivity index (χ4n) is 11.0. The van der Waals surface area contributed by atoms with Crippen molar-refractivity contribution >= 4 is 39.5 Å². The van der Waals surface area contributed by atoms with Gasteiger partial charge in [-0.25, -0.2) is 9.13 Å². The van der Waals surface area contributed by atoms with E-state index < -0.39 is 97.5 Å². The third-order valence-corrected chi connectivity index (χ3v) is 18.7. The number of unbranched alkanes of at least 4 members (excludes halogenated alkanes) is 36. The number of carbonyl (C=O) groups is 4. The Morgan fingerprint density at radius 2 is 0.457 bits per heavy atom. The van der Waals surface area contributed by atoms with Gasteiger partial charge in [0.2, 0.25) is 0 Å². The number of esters is 4. The van der Waals surface area contributed by atoms with E-state index in [-0.39, 0.29) is 25.7 Å². The molecule has 0 rings (SSSR count). The lowest BCUT2D eigenvalue weighted by atomic mass is 10.0. The molecule has 0 saturated carbocycles. The Bertz CT molecular complexity index is 1820. The molecular weight excluding hydrogens is 1210 g/mol.